The molecule has 0 aromatic heterocycles. The highest BCUT2D eigenvalue weighted by atomic mass is 16.4. The second-order valence-electron chi connectivity index (χ2n) is 2.57. The summed E-state index contributed by atoms with van der Waals surface area (Å²) in [5.41, 5.74) is 1.01. The molecule has 1 rings (SSSR count). The standard InChI is InChI=1S/C10H7NO3/c11-6-8-3-1-7(2-4-8)5-9(12)10(13)14/h1-5,12H,(H,13,14)/b9-5+. The van der Waals surface area contributed by atoms with Crippen LogP contribution in [0.4, 0.5) is 0 Å². The number of carboxylic acids is 1. The van der Waals surface area contributed by atoms with Crippen molar-refractivity contribution in [3.8, 4) is 6.07 Å². The van der Waals surface area contributed by atoms with Gasteiger partial charge in [0.05, 0.1) is 11.6 Å². The van der Waals surface area contributed by atoms with Crippen LogP contribution in [0, 0.1) is 11.3 Å². The molecule has 0 aliphatic heterocycles. The maximum atomic E-state index is 10.3. The molecule has 1 aromatic carbocycles. The zero-order valence-electron chi connectivity index (χ0n) is 7.14. The fourth-order valence-corrected chi connectivity index (χ4v) is 0.873. The Morgan fingerprint density at radius 2 is 1.86 bits per heavy atom. The van der Waals surface area contributed by atoms with Crippen LogP contribution >= 0.6 is 0 Å². The summed E-state index contributed by atoms with van der Waals surface area (Å²) in [4.78, 5) is 10.3. The maximum absolute atomic E-state index is 10.3. The van der Waals surface area contributed by atoms with Gasteiger partial charge in [-0.05, 0) is 23.8 Å². The first kappa shape index (κ1) is 9.81. The average molecular weight is 189 g/mol. The van der Waals surface area contributed by atoms with E-state index in [-0.39, 0.29) is 0 Å². The fourth-order valence-electron chi connectivity index (χ4n) is 0.873. The quantitative estimate of drug-likeness (QED) is 0.546. The third kappa shape index (κ3) is 2.35. The molecule has 1 aromatic rings. The number of benzene rings is 1. The van der Waals surface area contributed by atoms with E-state index in [4.69, 9.17) is 15.5 Å². The Morgan fingerprint density at radius 3 is 2.29 bits per heavy atom. The number of aliphatic carboxylic acids is 1. The lowest BCUT2D eigenvalue weighted by atomic mass is 10.1. The lowest BCUT2D eigenvalue weighted by Crippen LogP contribution is -1.98. The van der Waals surface area contributed by atoms with Gasteiger partial charge >= 0.3 is 5.97 Å². The van der Waals surface area contributed by atoms with Crippen LogP contribution in [0.15, 0.2) is 30.0 Å². The molecule has 0 unspecified atom stereocenters. The molecule has 0 fully saturated rings. The Hall–Kier alpha value is -2.28. The van der Waals surface area contributed by atoms with Crippen LogP contribution < -0.4 is 0 Å². The zero-order chi connectivity index (χ0) is 10.6. The van der Waals surface area contributed by atoms with E-state index >= 15 is 0 Å². The van der Waals surface area contributed by atoms with E-state index in [9.17, 15) is 4.79 Å². The molecule has 4 heteroatoms. The number of carbonyl (C=O) groups is 1. The van der Waals surface area contributed by atoms with Crippen molar-refractivity contribution in [2.24, 2.45) is 0 Å². The number of hydrogen-bond acceptors (Lipinski definition) is 3. The first-order valence-corrected chi connectivity index (χ1v) is 3.77. The summed E-state index contributed by atoms with van der Waals surface area (Å²) in [6.07, 6.45) is 1.11. The monoisotopic (exact) mass is 189 g/mol. The second kappa shape index (κ2) is 4.10. The Bertz CT molecular complexity index is 412. The molecular weight excluding hydrogens is 182 g/mol. The van der Waals surface area contributed by atoms with Crippen molar-refractivity contribution in [2.45, 2.75) is 0 Å². The van der Waals surface area contributed by atoms with Crippen LogP contribution in [-0.4, -0.2) is 16.2 Å². The van der Waals surface area contributed by atoms with Gasteiger partial charge in [0, 0.05) is 0 Å². The summed E-state index contributed by atoms with van der Waals surface area (Å²) in [6.45, 7) is 0. The van der Waals surface area contributed by atoms with E-state index in [0.29, 0.717) is 11.1 Å². The topological polar surface area (TPSA) is 81.3 Å². The highest BCUT2D eigenvalue weighted by Gasteiger charge is 2.02. The van der Waals surface area contributed by atoms with Gasteiger partial charge in [-0.3, -0.25) is 0 Å². The molecule has 0 heterocycles. The van der Waals surface area contributed by atoms with Gasteiger partial charge in [-0.1, -0.05) is 12.1 Å². The van der Waals surface area contributed by atoms with Crippen molar-refractivity contribution >= 4 is 12.0 Å². The van der Waals surface area contributed by atoms with Crippen LogP contribution in [-0.2, 0) is 4.79 Å². The highest BCUT2D eigenvalue weighted by molar-refractivity contribution is 5.89. The second-order valence-corrected chi connectivity index (χ2v) is 2.57. The average Bonchev–Trinajstić information content (AvgIpc) is 2.19. The molecule has 4 nitrogen and oxygen atoms in total. The Kier molecular flexibility index (Phi) is 2.87. The van der Waals surface area contributed by atoms with Crippen LogP contribution in [0.2, 0.25) is 0 Å². The minimum atomic E-state index is -1.38. The number of nitriles is 1. The zero-order valence-corrected chi connectivity index (χ0v) is 7.14. The molecule has 0 amide bonds. The number of nitrogens with zero attached hydrogens (tertiary/aromatic N) is 1. The van der Waals surface area contributed by atoms with Crippen molar-refractivity contribution in [3.05, 3.63) is 41.2 Å². The highest BCUT2D eigenvalue weighted by Crippen LogP contribution is 2.07. The van der Waals surface area contributed by atoms with Gasteiger partial charge in [-0.15, -0.1) is 0 Å². The van der Waals surface area contributed by atoms with Crippen LogP contribution in [0.5, 0.6) is 0 Å². The minimum absolute atomic E-state index is 0.483. The van der Waals surface area contributed by atoms with Crippen LogP contribution in [0.3, 0.4) is 0 Å². The first-order valence-electron chi connectivity index (χ1n) is 3.77. The maximum Gasteiger partial charge on any atom is 0.370 e. The first-order chi connectivity index (χ1) is 6.63. The predicted octanol–water partition coefficient (Wildman–Crippen LogP) is 1.54. The molecule has 0 aliphatic rings. The number of aliphatic hydroxyl groups excluding tert-OH is 1. The molecular formula is C10H7NO3. The molecule has 2 N–H and O–H groups in total. The van der Waals surface area contributed by atoms with E-state index in [1.807, 2.05) is 6.07 Å². The van der Waals surface area contributed by atoms with Crippen LogP contribution in [0.25, 0.3) is 6.08 Å². The van der Waals surface area contributed by atoms with E-state index < -0.39 is 11.7 Å². The minimum Gasteiger partial charge on any atom is -0.502 e. The summed E-state index contributed by atoms with van der Waals surface area (Å²) in [5, 5.41) is 25.8. The lowest BCUT2D eigenvalue weighted by Gasteiger charge is -1.94. The Balaban J connectivity index is 2.95. The Labute approximate surface area is 80.3 Å². The van der Waals surface area contributed by atoms with E-state index in [1.54, 1.807) is 24.3 Å². The molecule has 0 bridgehead atoms. The lowest BCUT2D eigenvalue weighted by molar-refractivity contribution is -0.135. The molecule has 0 aliphatic carbocycles. The molecule has 0 radical (unpaired) electrons. The third-order valence-corrected chi connectivity index (χ3v) is 1.56. The third-order valence-electron chi connectivity index (χ3n) is 1.56. The smallest absolute Gasteiger partial charge is 0.370 e. The number of aliphatic hydroxyl groups is 1. The number of rotatable bonds is 2. The van der Waals surface area contributed by atoms with Gasteiger partial charge in [0.1, 0.15) is 0 Å². The summed E-state index contributed by atoms with van der Waals surface area (Å²) < 4.78 is 0. The summed E-state index contributed by atoms with van der Waals surface area (Å²) in [6, 6.07) is 8.12. The van der Waals surface area contributed by atoms with Crippen molar-refractivity contribution in [3.63, 3.8) is 0 Å². The van der Waals surface area contributed by atoms with E-state index in [1.165, 1.54) is 0 Å². The van der Waals surface area contributed by atoms with Gasteiger partial charge in [0.2, 0.25) is 5.76 Å². The Morgan fingerprint density at radius 1 is 1.29 bits per heavy atom. The van der Waals surface area contributed by atoms with Crippen molar-refractivity contribution < 1.29 is 15.0 Å². The molecule has 0 saturated heterocycles. The van der Waals surface area contributed by atoms with Gasteiger partial charge in [-0.2, -0.15) is 5.26 Å². The molecule has 0 spiro atoms. The molecule has 14 heavy (non-hydrogen) atoms. The summed E-state index contributed by atoms with van der Waals surface area (Å²) >= 11 is 0. The number of carboxylic acid groups (broad SMARTS) is 1. The van der Waals surface area contributed by atoms with E-state index in [0.717, 1.165) is 6.08 Å². The van der Waals surface area contributed by atoms with Crippen molar-refractivity contribution in [1.29, 1.82) is 5.26 Å². The largest absolute Gasteiger partial charge is 0.502 e. The summed E-state index contributed by atoms with van der Waals surface area (Å²) in [5.74, 6) is -2.11. The molecule has 0 atom stereocenters. The molecule has 70 valence electrons. The normalized spacial score (nSPS) is 10.6. The SMILES string of the molecule is N#Cc1ccc(/C=C(/O)C(=O)O)cc1. The van der Waals surface area contributed by atoms with Crippen molar-refractivity contribution in [2.75, 3.05) is 0 Å². The number of hydrogen-bond donors (Lipinski definition) is 2. The van der Waals surface area contributed by atoms with E-state index in [2.05, 4.69) is 0 Å². The molecule has 0 saturated carbocycles. The predicted molar refractivity (Wildman–Crippen MR) is 49.4 cm³/mol. The van der Waals surface area contributed by atoms with Crippen molar-refractivity contribution in [1.82, 2.24) is 0 Å². The van der Waals surface area contributed by atoms with Gasteiger partial charge in [0.15, 0.2) is 0 Å². The summed E-state index contributed by atoms with van der Waals surface area (Å²) in [7, 11) is 0. The van der Waals surface area contributed by atoms with Gasteiger partial charge in [-0.25, -0.2) is 4.79 Å². The fraction of sp³-hybridized carbons (Fsp3) is 0. The van der Waals surface area contributed by atoms with Crippen LogP contribution in [0.1, 0.15) is 11.1 Å². The van der Waals surface area contributed by atoms with Gasteiger partial charge < -0.3 is 10.2 Å². The van der Waals surface area contributed by atoms with Gasteiger partial charge in [0.25, 0.3) is 0 Å².